The molecule has 6 heteroatoms. The van der Waals surface area contributed by atoms with Gasteiger partial charge in [-0.3, -0.25) is 9.79 Å². The Bertz CT molecular complexity index is 1130. The first-order valence-electron chi connectivity index (χ1n) is 11.2. The molecular weight excluding hydrogens is 404 g/mol. The number of hydrogen-bond donors (Lipinski definition) is 1. The van der Waals surface area contributed by atoms with E-state index >= 15 is 0 Å². The molecule has 0 radical (unpaired) electrons. The number of carbonyl (C=O) groups is 1. The molecule has 0 unspecified atom stereocenters. The average Bonchev–Trinajstić information content (AvgIpc) is 3.11. The first-order chi connectivity index (χ1) is 15.2. The van der Waals surface area contributed by atoms with Gasteiger partial charge in [0.2, 0.25) is 0 Å². The van der Waals surface area contributed by atoms with Crippen molar-refractivity contribution in [3.05, 3.63) is 41.0 Å². The number of hydrogen-bond acceptors (Lipinski definition) is 5. The first-order valence-corrected chi connectivity index (χ1v) is 11.2. The first kappa shape index (κ1) is 24.0. The number of benzene rings is 2. The summed E-state index contributed by atoms with van der Waals surface area (Å²) in [5, 5.41) is 2.14. The molecule has 1 heterocycles. The molecule has 6 nitrogen and oxygen atoms in total. The molecule has 3 rings (SSSR count). The standard InChI is InChI=1S/C26H34N2O4/c1-8-30-22(31-9-2)15-27-14-18-12-16(3)24-23(17(18)4)20-13-19(10-11-21(20)28-24)32-25(29)26(5,6)7/h10-14,22,28H,8-9,15H2,1-7H3. The van der Waals surface area contributed by atoms with Crippen LogP contribution >= 0.6 is 0 Å². The molecule has 0 aliphatic carbocycles. The maximum absolute atomic E-state index is 12.3. The number of aromatic nitrogens is 1. The zero-order chi connectivity index (χ0) is 23.5. The maximum atomic E-state index is 12.3. The van der Waals surface area contributed by atoms with Gasteiger partial charge in [0.1, 0.15) is 5.75 Å². The van der Waals surface area contributed by atoms with Crippen LogP contribution < -0.4 is 4.74 Å². The van der Waals surface area contributed by atoms with Crippen LogP contribution in [0.1, 0.15) is 51.3 Å². The molecule has 0 aliphatic rings. The van der Waals surface area contributed by atoms with Gasteiger partial charge < -0.3 is 19.2 Å². The lowest BCUT2D eigenvalue weighted by Gasteiger charge is -2.16. The summed E-state index contributed by atoms with van der Waals surface area (Å²) >= 11 is 0. The van der Waals surface area contributed by atoms with Crippen molar-refractivity contribution < 1.29 is 19.0 Å². The van der Waals surface area contributed by atoms with E-state index in [-0.39, 0.29) is 12.3 Å². The van der Waals surface area contributed by atoms with E-state index in [0.717, 1.165) is 38.5 Å². The van der Waals surface area contributed by atoms with E-state index in [2.05, 4.69) is 29.9 Å². The quantitative estimate of drug-likeness (QED) is 0.212. The van der Waals surface area contributed by atoms with Crippen LogP contribution in [0.25, 0.3) is 21.8 Å². The summed E-state index contributed by atoms with van der Waals surface area (Å²) in [6.07, 6.45) is 1.55. The van der Waals surface area contributed by atoms with Gasteiger partial charge in [-0.1, -0.05) is 0 Å². The summed E-state index contributed by atoms with van der Waals surface area (Å²) in [6, 6.07) is 7.86. The van der Waals surface area contributed by atoms with Crippen LogP contribution in [-0.4, -0.2) is 43.2 Å². The van der Waals surface area contributed by atoms with Gasteiger partial charge in [-0.2, -0.15) is 0 Å². The second-order valence-electron chi connectivity index (χ2n) is 8.96. The fourth-order valence-electron chi connectivity index (χ4n) is 3.63. The molecule has 0 fully saturated rings. The van der Waals surface area contributed by atoms with Crippen LogP contribution in [0.4, 0.5) is 0 Å². The van der Waals surface area contributed by atoms with Gasteiger partial charge in [0.15, 0.2) is 6.29 Å². The fraction of sp³-hybridized carbons (Fsp3) is 0.462. The number of nitrogens with one attached hydrogen (secondary N) is 1. The third-order valence-electron chi connectivity index (χ3n) is 5.36. The molecule has 0 aliphatic heterocycles. The second kappa shape index (κ2) is 9.84. The minimum absolute atomic E-state index is 0.254. The van der Waals surface area contributed by atoms with Crippen molar-refractivity contribution in [1.29, 1.82) is 0 Å². The molecular formula is C26H34N2O4. The van der Waals surface area contributed by atoms with Crippen molar-refractivity contribution in [2.75, 3.05) is 19.8 Å². The zero-order valence-electron chi connectivity index (χ0n) is 20.2. The highest BCUT2D eigenvalue weighted by atomic mass is 16.7. The molecule has 3 aromatic rings. The van der Waals surface area contributed by atoms with E-state index in [1.54, 1.807) is 0 Å². The molecule has 0 spiro atoms. The normalized spacial score (nSPS) is 12.5. The lowest BCUT2D eigenvalue weighted by molar-refractivity contribution is -0.143. The lowest BCUT2D eigenvalue weighted by Crippen LogP contribution is -2.25. The highest BCUT2D eigenvalue weighted by Crippen LogP contribution is 2.34. The van der Waals surface area contributed by atoms with Gasteiger partial charge in [0, 0.05) is 41.2 Å². The van der Waals surface area contributed by atoms with E-state index in [4.69, 9.17) is 14.2 Å². The lowest BCUT2D eigenvalue weighted by atomic mass is 9.97. The molecule has 0 saturated carbocycles. The number of fused-ring (bicyclic) bond motifs is 3. The average molecular weight is 439 g/mol. The van der Waals surface area contributed by atoms with Crippen molar-refractivity contribution in [2.24, 2.45) is 10.4 Å². The Kier molecular flexibility index (Phi) is 7.36. The number of aromatic amines is 1. The molecule has 172 valence electrons. The molecule has 32 heavy (non-hydrogen) atoms. The topological polar surface area (TPSA) is 72.9 Å². The van der Waals surface area contributed by atoms with Gasteiger partial charge in [0.25, 0.3) is 0 Å². The number of rotatable bonds is 8. The van der Waals surface area contributed by atoms with Crippen molar-refractivity contribution in [2.45, 2.75) is 54.8 Å². The summed E-state index contributed by atoms with van der Waals surface area (Å²) in [7, 11) is 0. The number of aryl methyl sites for hydroxylation is 2. The molecule has 1 N–H and O–H groups in total. The van der Waals surface area contributed by atoms with Gasteiger partial charge in [0.05, 0.1) is 12.0 Å². The van der Waals surface area contributed by atoms with Crippen LogP contribution in [0.5, 0.6) is 5.75 Å². The third kappa shape index (κ3) is 5.19. The fourth-order valence-corrected chi connectivity index (χ4v) is 3.63. The highest BCUT2D eigenvalue weighted by molar-refractivity contribution is 6.12. The van der Waals surface area contributed by atoms with Crippen molar-refractivity contribution in [3.63, 3.8) is 0 Å². The second-order valence-corrected chi connectivity index (χ2v) is 8.96. The number of H-pyrrole nitrogens is 1. The summed E-state index contributed by atoms with van der Waals surface area (Å²) in [5.41, 5.74) is 4.80. The molecule has 0 atom stereocenters. The van der Waals surface area contributed by atoms with Crippen LogP contribution in [-0.2, 0) is 14.3 Å². The van der Waals surface area contributed by atoms with E-state index in [9.17, 15) is 4.79 Å². The Balaban J connectivity index is 1.99. The Hall–Kier alpha value is -2.70. The van der Waals surface area contributed by atoms with E-state index < -0.39 is 5.41 Å². The SMILES string of the molecule is CCOC(CN=Cc1cc(C)c2[nH]c3ccc(OC(=O)C(C)(C)C)cc3c2c1C)OCC. The monoisotopic (exact) mass is 438 g/mol. The van der Waals surface area contributed by atoms with Crippen molar-refractivity contribution in [3.8, 4) is 5.75 Å². The van der Waals surface area contributed by atoms with Crippen molar-refractivity contribution >= 4 is 34.0 Å². The Labute approximate surface area is 190 Å². The summed E-state index contributed by atoms with van der Waals surface area (Å²) in [4.78, 5) is 20.4. The van der Waals surface area contributed by atoms with Gasteiger partial charge in [-0.05, 0) is 89.4 Å². The van der Waals surface area contributed by atoms with Crippen LogP contribution in [0, 0.1) is 19.3 Å². The van der Waals surface area contributed by atoms with Crippen LogP contribution in [0.3, 0.4) is 0 Å². The molecule has 0 bridgehead atoms. The molecule has 1 aromatic heterocycles. The van der Waals surface area contributed by atoms with E-state index in [0.29, 0.717) is 25.5 Å². The Morgan fingerprint density at radius 1 is 1.12 bits per heavy atom. The summed E-state index contributed by atoms with van der Waals surface area (Å²) in [6.45, 7) is 15.2. The molecule has 0 amide bonds. The third-order valence-corrected chi connectivity index (χ3v) is 5.36. The van der Waals surface area contributed by atoms with Crippen LogP contribution in [0.15, 0.2) is 29.3 Å². The van der Waals surface area contributed by atoms with Crippen molar-refractivity contribution in [1.82, 2.24) is 4.98 Å². The van der Waals surface area contributed by atoms with Gasteiger partial charge in [-0.15, -0.1) is 0 Å². The number of esters is 1. The van der Waals surface area contributed by atoms with Gasteiger partial charge in [-0.25, -0.2) is 0 Å². The predicted octanol–water partition coefficient (Wildman–Crippen LogP) is 5.71. The highest BCUT2D eigenvalue weighted by Gasteiger charge is 2.24. The smallest absolute Gasteiger partial charge is 0.316 e. The Morgan fingerprint density at radius 2 is 1.81 bits per heavy atom. The predicted molar refractivity (Wildman–Crippen MR) is 130 cm³/mol. The van der Waals surface area contributed by atoms with Gasteiger partial charge >= 0.3 is 5.97 Å². The number of carbonyl (C=O) groups excluding carboxylic acids is 1. The molecule has 0 saturated heterocycles. The summed E-state index contributed by atoms with van der Waals surface area (Å²) in [5.74, 6) is 0.293. The maximum Gasteiger partial charge on any atom is 0.316 e. The Morgan fingerprint density at radius 3 is 2.44 bits per heavy atom. The zero-order valence-corrected chi connectivity index (χ0v) is 20.2. The molecule has 2 aromatic carbocycles. The van der Waals surface area contributed by atoms with E-state index in [1.807, 2.05) is 59.0 Å². The largest absolute Gasteiger partial charge is 0.426 e. The minimum Gasteiger partial charge on any atom is -0.426 e. The van der Waals surface area contributed by atoms with Crippen LogP contribution in [0.2, 0.25) is 0 Å². The number of ether oxygens (including phenoxy) is 3. The number of aliphatic imine (C=N–C) groups is 1. The summed E-state index contributed by atoms with van der Waals surface area (Å²) < 4.78 is 16.8. The minimum atomic E-state index is -0.563. The number of nitrogens with zero attached hydrogens (tertiary/aromatic N) is 1. The van der Waals surface area contributed by atoms with E-state index in [1.165, 1.54) is 0 Å².